The Morgan fingerprint density at radius 3 is 2.44 bits per heavy atom. The second kappa shape index (κ2) is 4.92. The van der Waals surface area contributed by atoms with Gasteiger partial charge in [-0.2, -0.15) is 0 Å². The number of carbonyl (C=O) groups excluding carboxylic acids is 1. The molecule has 0 spiro atoms. The quantitative estimate of drug-likeness (QED) is 0.883. The van der Waals surface area contributed by atoms with Crippen molar-refractivity contribution in [1.29, 1.82) is 0 Å². The first-order valence-electron chi connectivity index (χ1n) is 6.71. The van der Waals surface area contributed by atoms with E-state index in [9.17, 15) is 4.79 Å². The maximum Gasteiger partial charge on any atom is 0.227 e. The normalized spacial score (nSPS) is 19.7. The number of aromatic nitrogens is 2. The van der Waals surface area contributed by atoms with Crippen LogP contribution >= 0.6 is 0 Å². The Balaban J connectivity index is 1.62. The minimum absolute atomic E-state index is 0.101. The highest BCUT2D eigenvalue weighted by Crippen LogP contribution is 2.30. The van der Waals surface area contributed by atoms with Gasteiger partial charge >= 0.3 is 0 Å². The molecule has 1 amide bonds. The lowest BCUT2D eigenvalue weighted by atomic mass is 10.1. The zero-order valence-electron chi connectivity index (χ0n) is 10.4. The Labute approximate surface area is 107 Å². The van der Waals surface area contributed by atoms with Crippen LogP contribution in [0.2, 0.25) is 0 Å². The third kappa shape index (κ3) is 2.60. The summed E-state index contributed by atoms with van der Waals surface area (Å²) in [6, 6.07) is 0. The molecule has 0 radical (unpaired) electrons. The molecule has 1 aromatic rings. The molecule has 96 valence electrons. The zero-order valence-corrected chi connectivity index (χ0v) is 10.4. The van der Waals surface area contributed by atoms with Gasteiger partial charge in [-0.15, -0.1) is 0 Å². The lowest BCUT2D eigenvalue weighted by Crippen LogP contribution is -2.30. The molecule has 2 fully saturated rings. The number of rotatable bonds is 3. The number of nitrogens with one attached hydrogen (secondary N) is 1. The van der Waals surface area contributed by atoms with E-state index in [4.69, 9.17) is 0 Å². The number of hydrogen-bond donors (Lipinski definition) is 1. The SMILES string of the molecule is O=C(Nc1cnc(N2CCCCC2)nc1)C1CC1. The number of piperidine rings is 1. The summed E-state index contributed by atoms with van der Waals surface area (Å²) in [7, 11) is 0. The van der Waals surface area contributed by atoms with E-state index in [1.165, 1.54) is 19.3 Å². The molecule has 1 aliphatic carbocycles. The van der Waals surface area contributed by atoms with Crippen LogP contribution in [0, 0.1) is 5.92 Å². The van der Waals surface area contributed by atoms with E-state index in [-0.39, 0.29) is 11.8 Å². The van der Waals surface area contributed by atoms with Crippen LogP contribution in [-0.2, 0) is 4.79 Å². The molecule has 2 heterocycles. The molecule has 1 saturated heterocycles. The minimum atomic E-state index is 0.101. The first-order valence-corrected chi connectivity index (χ1v) is 6.71. The van der Waals surface area contributed by atoms with Gasteiger partial charge in [-0.25, -0.2) is 9.97 Å². The molecule has 1 N–H and O–H groups in total. The molecule has 1 saturated carbocycles. The molecule has 0 unspecified atom stereocenters. The van der Waals surface area contributed by atoms with E-state index in [1.54, 1.807) is 12.4 Å². The topological polar surface area (TPSA) is 58.1 Å². The van der Waals surface area contributed by atoms with E-state index in [0.29, 0.717) is 5.69 Å². The average molecular weight is 246 g/mol. The van der Waals surface area contributed by atoms with Crippen molar-refractivity contribution in [3.63, 3.8) is 0 Å². The summed E-state index contributed by atoms with van der Waals surface area (Å²) in [6.45, 7) is 2.07. The summed E-state index contributed by atoms with van der Waals surface area (Å²) in [5.74, 6) is 1.09. The van der Waals surface area contributed by atoms with Gasteiger partial charge in [-0.1, -0.05) is 0 Å². The van der Waals surface area contributed by atoms with Crippen molar-refractivity contribution < 1.29 is 4.79 Å². The number of amides is 1. The maximum atomic E-state index is 11.6. The molecular formula is C13H18N4O. The van der Waals surface area contributed by atoms with Crippen LogP contribution in [0.5, 0.6) is 0 Å². The smallest absolute Gasteiger partial charge is 0.227 e. The van der Waals surface area contributed by atoms with Crippen LogP contribution in [0.3, 0.4) is 0 Å². The fourth-order valence-electron chi connectivity index (χ4n) is 2.23. The van der Waals surface area contributed by atoms with Crippen LogP contribution in [0.15, 0.2) is 12.4 Å². The number of carbonyl (C=O) groups is 1. The number of nitrogens with zero attached hydrogens (tertiary/aromatic N) is 3. The van der Waals surface area contributed by atoms with Crippen molar-refractivity contribution in [1.82, 2.24) is 9.97 Å². The molecule has 0 aromatic carbocycles. The van der Waals surface area contributed by atoms with Crippen molar-refractivity contribution in [3.8, 4) is 0 Å². The average Bonchev–Trinajstić information content (AvgIpc) is 3.25. The molecule has 1 aromatic heterocycles. The predicted molar refractivity (Wildman–Crippen MR) is 69.4 cm³/mol. The van der Waals surface area contributed by atoms with Gasteiger partial charge in [-0.05, 0) is 32.1 Å². The van der Waals surface area contributed by atoms with Crippen LogP contribution in [-0.4, -0.2) is 29.0 Å². The van der Waals surface area contributed by atoms with Crippen LogP contribution in [0.4, 0.5) is 11.6 Å². The van der Waals surface area contributed by atoms with Crippen molar-refractivity contribution >= 4 is 17.5 Å². The van der Waals surface area contributed by atoms with Gasteiger partial charge in [0.1, 0.15) is 0 Å². The van der Waals surface area contributed by atoms with E-state index in [0.717, 1.165) is 31.9 Å². The Kier molecular flexibility index (Phi) is 3.13. The second-order valence-electron chi connectivity index (χ2n) is 5.08. The van der Waals surface area contributed by atoms with Gasteiger partial charge in [0.2, 0.25) is 11.9 Å². The van der Waals surface area contributed by atoms with E-state index >= 15 is 0 Å². The van der Waals surface area contributed by atoms with Crippen molar-refractivity contribution in [2.45, 2.75) is 32.1 Å². The zero-order chi connectivity index (χ0) is 12.4. The molecule has 0 bridgehead atoms. The van der Waals surface area contributed by atoms with E-state index in [1.807, 2.05) is 0 Å². The highest BCUT2D eigenvalue weighted by Gasteiger charge is 2.29. The summed E-state index contributed by atoms with van der Waals surface area (Å²) in [5, 5.41) is 2.85. The van der Waals surface area contributed by atoms with Gasteiger partial charge in [0.05, 0.1) is 18.1 Å². The summed E-state index contributed by atoms with van der Waals surface area (Å²) < 4.78 is 0. The van der Waals surface area contributed by atoms with Crippen LogP contribution < -0.4 is 10.2 Å². The summed E-state index contributed by atoms with van der Waals surface area (Å²) in [6.07, 6.45) is 9.16. The van der Waals surface area contributed by atoms with Crippen molar-refractivity contribution in [3.05, 3.63) is 12.4 Å². The summed E-state index contributed by atoms with van der Waals surface area (Å²) >= 11 is 0. The van der Waals surface area contributed by atoms with E-state index < -0.39 is 0 Å². The lowest BCUT2D eigenvalue weighted by Gasteiger charge is -2.26. The molecule has 0 atom stereocenters. The summed E-state index contributed by atoms with van der Waals surface area (Å²) in [5.41, 5.74) is 0.702. The third-order valence-electron chi connectivity index (χ3n) is 3.49. The first kappa shape index (κ1) is 11.4. The summed E-state index contributed by atoms with van der Waals surface area (Å²) in [4.78, 5) is 22.5. The van der Waals surface area contributed by atoms with Gasteiger partial charge < -0.3 is 10.2 Å². The molecular weight excluding hydrogens is 228 g/mol. The first-order chi connectivity index (χ1) is 8.83. The van der Waals surface area contributed by atoms with Gasteiger partial charge in [0.25, 0.3) is 0 Å². The largest absolute Gasteiger partial charge is 0.341 e. The fraction of sp³-hybridized carbons (Fsp3) is 0.615. The molecule has 5 nitrogen and oxygen atoms in total. The second-order valence-corrected chi connectivity index (χ2v) is 5.08. The Bertz CT molecular complexity index is 421. The highest BCUT2D eigenvalue weighted by atomic mass is 16.2. The fourth-order valence-corrected chi connectivity index (χ4v) is 2.23. The minimum Gasteiger partial charge on any atom is -0.341 e. The van der Waals surface area contributed by atoms with Crippen molar-refractivity contribution in [2.24, 2.45) is 5.92 Å². The molecule has 5 heteroatoms. The van der Waals surface area contributed by atoms with Gasteiger partial charge in [0.15, 0.2) is 0 Å². The molecule has 2 aliphatic rings. The van der Waals surface area contributed by atoms with Gasteiger partial charge in [-0.3, -0.25) is 4.79 Å². The maximum absolute atomic E-state index is 11.6. The molecule has 18 heavy (non-hydrogen) atoms. The van der Waals surface area contributed by atoms with Crippen LogP contribution in [0.1, 0.15) is 32.1 Å². The third-order valence-corrected chi connectivity index (χ3v) is 3.49. The number of hydrogen-bond acceptors (Lipinski definition) is 4. The molecule has 3 rings (SSSR count). The lowest BCUT2D eigenvalue weighted by molar-refractivity contribution is -0.117. The Hall–Kier alpha value is -1.65. The Morgan fingerprint density at radius 2 is 1.83 bits per heavy atom. The monoisotopic (exact) mass is 246 g/mol. The number of anilines is 2. The molecule has 1 aliphatic heterocycles. The predicted octanol–water partition coefficient (Wildman–Crippen LogP) is 1.82. The van der Waals surface area contributed by atoms with Crippen molar-refractivity contribution in [2.75, 3.05) is 23.3 Å². The standard InChI is InChI=1S/C13H18N4O/c18-12(10-4-5-10)16-11-8-14-13(15-9-11)17-6-2-1-3-7-17/h8-10H,1-7H2,(H,16,18). The Morgan fingerprint density at radius 1 is 1.17 bits per heavy atom. The van der Waals surface area contributed by atoms with Gasteiger partial charge in [0, 0.05) is 19.0 Å². The van der Waals surface area contributed by atoms with E-state index in [2.05, 4.69) is 20.2 Å². The highest BCUT2D eigenvalue weighted by molar-refractivity contribution is 5.93. The van der Waals surface area contributed by atoms with Crippen LogP contribution in [0.25, 0.3) is 0 Å².